The maximum Gasteiger partial charge on any atom is 0.160 e. The summed E-state index contributed by atoms with van der Waals surface area (Å²) in [6, 6.07) is 0. The fourth-order valence-corrected chi connectivity index (χ4v) is 2.25. The molecule has 18 heavy (non-hydrogen) atoms. The maximum atomic E-state index is 10.4. The Kier molecular flexibility index (Phi) is 4.46. The minimum atomic E-state index is -0.0821. The van der Waals surface area contributed by atoms with Crippen LogP contribution in [0.15, 0.2) is 0 Å². The fourth-order valence-electron chi connectivity index (χ4n) is 2.25. The van der Waals surface area contributed by atoms with Crippen LogP contribution >= 0.6 is 0 Å². The van der Waals surface area contributed by atoms with E-state index >= 15 is 0 Å². The highest BCUT2D eigenvalue weighted by molar-refractivity contribution is 5.37. The van der Waals surface area contributed by atoms with Crippen molar-refractivity contribution in [2.75, 3.05) is 0 Å². The predicted molar refractivity (Wildman–Crippen MR) is 76.0 cm³/mol. The van der Waals surface area contributed by atoms with E-state index in [9.17, 15) is 5.11 Å². The van der Waals surface area contributed by atoms with E-state index in [0.29, 0.717) is 17.6 Å². The summed E-state index contributed by atoms with van der Waals surface area (Å²) in [7, 11) is 0. The molecule has 0 amide bonds. The second-order valence-electron chi connectivity index (χ2n) is 7.07. The number of aromatic nitrogens is 2. The first-order valence-corrected chi connectivity index (χ1v) is 6.92. The zero-order chi connectivity index (χ0) is 14.1. The lowest BCUT2D eigenvalue weighted by Crippen LogP contribution is -2.20. The summed E-state index contributed by atoms with van der Waals surface area (Å²) in [6.45, 7) is 15.9. The van der Waals surface area contributed by atoms with E-state index in [0.717, 1.165) is 24.4 Å². The summed E-state index contributed by atoms with van der Waals surface area (Å²) in [5.41, 5.74) is 1.73. The minimum absolute atomic E-state index is 0.0821. The predicted octanol–water partition coefficient (Wildman–Crippen LogP) is 3.74. The monoisotopic (exact) mass is 252 g/mol. The first kappa shape index (κ1) is 15.1. The molecule has 0 aliphatic heterocycles. The lowest BCUT2D eigenvalue weighted by atomic mass is 9.90. The maximum absolute atomic E-state index is 10.4. The Bertz CT molecular complexity index is 397. The number of nitrogens with zero attached hydrogens (tertiary/aromatic N) is 2. The summed E-state index contributed by atoms with van der Waals surface area (Å²) in [5, 5.41) is 15.0. The molecule has 0 unspecified atom stereocenters. The molecule has 0 spiro atoms. The molecule has 1 heterocycles. The SMILES string of the molecule is CC(C)Cc1nn(CC(C)C)c(C(C)(C)C)c1O. The topological polar surface area (TPSA) is 38.0 Å². The molecule has 1 N–H and O–H groups in total. The summed E-state index contributed by atoms with van der Waals surface area (Å²) < 4.78 is 2.00. The first-order valence-electron chi connectivity index (χ1n) is 6.92. The van der Waals surface area contributed by atoms with Gasteiger partial charge in [0.1, 0.15) is 5.69 Å². The van der Waals surface area contributed by atoms with E-state index in [2.05, 4.69) is 53.6 Å². The highest BCUT2D eigenvalue weighted by atomic mass is 16.3. The fraction of sp³-hybridized carbons (Fsp3) is 0.800. The van der Waals surface area contributed by atoms with Crippen LogP contribution < -0.4 is 0 Å². The molecule has 0 saturated heterocycles. The average Bonchev–Trinajstić information content (AvgIpc) is 2.39. The highest BCUT2D eigenvalue weighted by Crippen LogP contribution is 2.34. The Morgan fingerprint density at radius 1 is 1.11 bits per heavy atom. The Labute approximate surface area is 111 Å². The van der Waals surface area contributed by atoms with Gasteiger partial charge in [-0.05, 0) is 18.3 Å². The number of rotatable bonds is 4. The Hall–Kier alpha value is -0.990. The highest BCUT2D eigenvalue weighted by Gasteiger charge is 2.27. The third kappa shape index (κ3) is 3.50. The summed E-state index contributed by atoms with van der Waals surface area (Å²) in [5.74, 6) is 1.43. The molecule has 0 atom stereocenters. The van der Waals surface area contributed by atoms with Gasteiger partial charge in [0.25, 0.3) is 0 Å². The van der Waals surface area contributed by atoms with Crippen LogP contribution in [0, 0.1) is 11.8 Å². The molecule has 1 rings (SSSR count). The zero-order valence-corrected chi connectivity index (χ0v) is 12.9. The molecule has 0 aliphatic carbocycles. The van der Waals surface area contributed by atoms with Crippen molar-refractivity contribution in [3.8, 4) is 5.75 Å². The molecule has 0 radical (unpaired) electrons. The third-order valence-electron chi connectivity index (χ3n) is 2.85. The van der Waals surface area contributed by atoms with Crippen molar-refractivity contribution in [1.82, 2.24) is 9.78 Å². The van der Waals surface area contributed by atoms with Gasteiger partial charge in [0.05, 0.1) is 5.69 Å². The molecule has 3 heteroatoms. The van der Waals surface area contributed by atoms with Crippen LogP contribution in [0.2, 0.25) is 0 Å². The van der Waals surface area contributed by atoms with Crippen LogP contribution in [0.25, 0.3) is 0 Å². The molecule has 0 aromatic carbocycles. The van der Waals surface area contributed by atoms with Crippen molar-refractivity contribution >= 4 is 0 Å². The van der Waals surface area contributed by atoms with Crippen molar-refractivity contribution in [2.45, 2.75) is 66.8 Å². The van der Waals surface area contributed by atoms with E-state index in [1.165, 1.54) is 0 Å². The van der Waals surface area contributed by atoms with Gasteiger partial charge < -0.3 is 5.11 Å². The van der Waals surface area contributed by atoms with E-state index in [4.69, 9.17) is 0 Å². The van der Waals surface area contributed by atoms with Gasteiger partial charge in [-0.3, -0.25) is 4.68 Å². The number of aromatic hydroxyl groups is 1. The quantitative estimate of drug-likeness (QED) is 0.886. The molecule has 0 fully saturated rings. The standard InChI is InChI=1S/C15H28N2O/c1-10(2)8-12-13(18)14(15(5,6)7)17(16-12)9-11(3)4/h10-11,18H,8-9H2,1-7H3. The van der Waals surface area contributed by atoms with Crippen LogP contribution in [0.1, 0.15) is 59.9 Å². The molecule has 1 aromatic heterocycles. The Morgan fingerprint density at radius 3 is 2.06 bits per heavy atom. The zero-order valence-electron chi connectivity index (χ0n) is 12.9. The van der Waals surface area contributed by atoms with Gasteiger partial charge >= 0.3 is 0 Å². The van der Waals surface area contributed by atoms with Gasteiger partial charge in [-0.15, -0.1) is 0 Å². The van der Waals surface area contributed by atoms with Gasteiger partial charge in [0.2, 0.25) is 0 Å². The van der Waals surface area contributed by atoms with E-state index in [-0.39, 0.29) is 5.41 Å². The molecule has 0 saturated carbocycles. The Morgan fingerprint density at radius 2 is 1.67 bits per heavy atom. The smallest absolute Gasteiger partial charge is 0.160 e. The number of hydrogen-bond donors (Lipinski definition) is 1. The second-order valence-corrected chi connectivity index (χ2v) is 7.07. The molecule has 104 valence electrons. The average molecular weight is 252 g/mol. The van der Waals surface area contributed by atoms with Gasteiger partial charge in [-0.1, -0.05) is 48.5 Å². The molecular formula is C15H28N2O. The van der Waals surface area contributed by atoms with Crippen molar-refractivity contribution in [2.24, 2.45) is 11.8 Å². The van der Waals surface area contributed by atoms with E-state index in [1.807, 2.05) is 4.68 Å². The van der Waals surface area contributed by atoms with Crippen molar-refractivity contribution < 1.29 is 5.11 Å². The van der Waals surface area contributed by atoms with Gasteiger partial charge in [0, 0.05) is 12.0 Å². The summed E-state index contributed by atoms with van der Waals surface area (Å²) in [4.78, 5) is 0. The van der Waals surface area contributed by atoms with E-state index in [1.54, 1.807) is 0 Å². The van der Waals surface area contributed by atoms with Crippen LogP contribution in [-0.2, 0) is 18.4 Å². The first-order chi connectivity index (χ1) is 8.12. The summed E-state index contributed by atoms with van der Waals surface area (Å²) in [6.07, 6.45) is 0.833. The van der Waals surface area contributed by atoms with Gasteiger partial charge in [-0.25, -0.2) is 0 Å². The van der Waals surface area contributed by atoms with Gasteiger partial charge in [-0.2, -0.15) is 5.10 Å². The lowest BCUT2D eigenvalue weighted by molar-refractivity contribution is 0.401. The molecule has 0 aliphatic rings. The van der Waals surface area contributed by atoms with Gasteiger partial charge in [0.15, 0.2) is 5.75 Å². The van der Waals surface area contributed by atoms with Crippen molar-refractivity contribution in [3.05, 3.63) is 11.4 Å². The summed E-state index contributed by atoms with van der Waals surface area (Å²) >= 11 is 0. The molecular weight excluding hydrogens is 224 g/mol. The Balaban J connectivity index is 3.23. The van der Waals surface area contributed by atoms with Crippen LogP contribution in [0.4, 0.5) is 0 Å². The van der Waals surface area contributed by atoms with Crippen molar-refractivity contribution in [1.29, 1.82) is 0 Å². The second kappa shape index (κ2) is 5.33. The molecule has 1 aromatic rings. The molecule has 0 bridgehead atoms. The van der Waals surface area contributed by atoms with Crippen LogP contribution in [0.3, 0.4) is 0 Å². The number of hydrogen-bond acceptors (Lipinski definition) is 2. The molecule has 3 nitrogen and oxygen atoms in total. The normalized spacial score (nSPS) is 12.7. The van der Waals surface area contributed by atoms with Crippen LogP contribution in [0.5, 0.6) is 5.75 Å². The van der Waals surface area contributed by atoms with Crippen molar-refractivity contribution in [3.63, 3.8) is 0 Å². The minimum Gasteiger partial charge on any atom is -0.504 e. The largest absolute Gasteiger partial charge is 0.504 e. The third-order valence-corrected chi connectivity index (χ3v) is 2.85. The van der Waals surface area contributed by atoms with Crippen LogP contribution in [-0.4, -0.2) is 14.9 Å². The lowest BCUT2D eigenvalue weighted by Gasteiger charge is -2.21. The van der Waals surface area contributed by atoms with E-state index < -0.39 is 0 Å².